The van der Waals surface area contributed by atoms with Crippen LogP contribution in [0.25, 0.3) is 0 Å². The fourth-order valence-corrected chi connectivity index (χ4v) is 12.1. The van der Waals surface area contributed by atoms with Gasteiger partial charge < -0.3 is 135 Å². The summed E-state index contributed by atoms with van der Waals surface area (Å²) in [6.45, 7) is 12.7. The highest BCUT2D eigenvalue weighted by molar-refractivity contribution is 6.02. The molecule has 35 N–H and O–H groups in total. The molecule has 0 unspecified atom stereocenters. The maximum absolute atomic E-state index is 14.7. The predicted octanol–water partition coefficient (Wildman–Crippen LogP) is -5.57. The van der Waals surface area contributed by atoms with Crippen LogP contribution >= 0.6 is 0 Å². The molecule has 0 saturated carbocycles. The lowest BCUT2D eigenvalue weighted by Crippen LogP contribution is -2.63. The summed E-state index contributed by atoms with van der Waals surface area (Å²) in [7, 11) is 0. The zero-order valence-electron chi connectivity index (χ0n) is 69.4. The quantitative estimate of drug-likeness (QED) is 0.0142. The summed E-state index contributed by atoms with van der Waals surface area (Å²) in [5.41, 5.74) is 40.8. The molecule has 43 nitrogen and oxygen atoms in total. The van der Waals surface area contributed by atoms with Crippen LogP contribution in [0.2, 0.25) is 0 Å². The number of carbonyl (C=O) groups excluding carboxylic acids is 15. The second-order valence-corrected chi connectivity index (χ2v) is 30.3. The molecule has 0 heterocycles. The number of phenols is 2. The Morgan fingerprint density at radius 3 is 1.12 bits per heavy atom. The largest absolute Gasteiger partial charge is 0.508 e. The van der Waals surface area contributed by atoms with Gasteiger partial charge in [0.1, 0.15) is 84.0 Å². The molecule has 121 heavy (non-hydrogen) atoms. The Labute approximate surface area is 701 Å². The first-order chi connectivity index (χ1) is 56.9. The van der Waals surface area contributed by atoms with Gasteiger partial charge in [-0.25, -0.2) is 0 Å². The summed E-state index contributed by atoms with van der Waals surface area (Å²) in [6, 6.07) is -1.28. The van der Waals surface area contributed by atoms with Gasteiger partial charge in [-0.1, -0.05) is 84.4 Å². The molecule has 0 spiro atoms. The van der Waals surface area contributed by atoms with Gasteiger partial charge in [0.2, 0.25) is 82.7 Å². The third-order valence-corrected chi connectivity index (χ3v) is 19.0. The number of nitrogens with one attached hydrogen (secondary N) is 18. The Kier molecular flexibility index (Phi) is 44.0. The number of carbonyl (C=O) groups is 15. The molecule has 0 aliphatic rings. The minimum atomic E-state index is -1.93. The minimum Gasteiger partial charge on any atom is -0.508 e. The second kappa shape index (κ2) is 52.1. The van der Waals surface area contributed by atoms with E-state index in [1.807, 2.05) is 0 Å². The lowest BCUT2D eigenvalue weighted by atomic mass is 9.96. The Morgan fingerprint density at radius 1 is 0.372 bits per heavy atom. The topological polar surface area (TPSA) is 751 Å². The van der Waals surface area contributed by atoms with Gasteiger partial charge in [-0.15, -0.1) is 0 Å². The molecule has 0 bridgehead atoms. The van der Waals surface area contributed by atoms with Crippen LogP contribution in [0.5, 0.6) is 11.5 Å². The molecule has 3 aromatic rings. The number of hydrogen-bond donors (Lipinski definition) is 28. The number of guanidine groups is 3. The van der Waals surface area contributed by atoms with Crippen LogP contribution in [-0.4, -0.2) is 220 Å². The SMILES string of the molecule is CC[C@H](C)[C@H](NC(=O)[C@H](CC(C)C)NC(=O)[C@H](CC(N)=O)NC(=O)[C@H](CC(C)C)NC(=O)[C@H](Cc1ccc(O)cc1)NC(=O)[C@H](C)NC(=O)[C@H](CCCNC(=N)N)NC(=O)c1ccc(CN)cc1)C(=O)N[C@H](C(=O)N[C@@H](CCCNC(=N)N)C(=O)N[C@@H](CCC(N)=O)C(=O)N[C@@H](CCCNC(=N)N)C(=O)N[C@@H](Cc1ccc(O)cc1)C(N)=O)[C@@H](C)O. The number of primary amides is 3. The molecule has 3 aromatic carbocycles. The van der Waals surface area contributed by atoms with E-state index in [1.165, 1.54) is 67.6 Å². The van der Waals surface area contributed by atoms with Gasteiger partial charge in [0.25, 0.3) is 5.91 Å². The van der Waals surface area contributed by atoms with Crippen molar-refractivity contribution in [1.29, 1.82) is 16.2 Å². The van der Waals surface area contributed by atoms with E-state index in [-0.39, 0.29) is 126 Å². The highest BCUT2D eigenvalue weighted by Gasteiger charge is 2.40. The highest BCUT2D eigenvalue weighted by Crippen LogP contribution is 2.18. The number of amides is 15. The summed E-state index contributed by atoms with van der Waals surface area (Å²) in [4.78, 5) is 210. The van der Waals surface area contributed by atoms with Crippen molar-refractivity contribution in [3.05, 3.63) is 95.1 Å². The van der Waals surface area contributed by atoms with Crippen molar-refractivity contribution in [3.63, 3.8) is 0 Å². The third kappa shape index (κ3) is 38.5. The molecule has 0 aliphatic heterocycles. The van der Waals surface area contributed by atoms with E-state index in [2.05, 4.69) is 79.8 Å². The average molecular weight is 1700 g/mol. The molecular formula is C78H123N25O18. The van der Waals surface area contributed by atoms with Gasteiger partial charge >= 0.3 is 0 Å². The molecule has 15 amide bonds. The molecule has 0 fully saturated rings. The van der Waals surface area contributed by atoms with E-state index in [1.54, 1.807) is 53.7 Å². The van der Waals surface area contributed by atoms with Crippen LogP contribution in [0.4, 0.5) is 0 Å². The maximum atomic E-state index is 14.7. The van der Waals surface area contributed by atoms with Crippen LogP contribution in [0.1, 0.15) is 159 Å². The van der Waals surface area contributed by atoms with Gasteiger partial charge in [-0.05, 0) is 142 Å². The molecular weight excluding hydrogens is 1580 g/mol. The van der Waals surface area contributed by atoms with Crippen molar-refractivity contribution in [2.75, 3.05) is 19.6 Å². The fraction of sp³-hybridized carbons (Fsp3) is 0.538. The van der Waals surface area contributed by atoms with Crippen molar-refractivity contribution >= 4 is 106 Å². The van der Waals surface area contributed by atoms with Crippen molar-refractivity contribution in [2.24, 2.45) is 57.9 Å². The Balaban J connectivity index is 1.95. The number of benzene rings is 3. The number of hydrogen-bond acceptors (Lipinski definition) is 22. The van der Waals surface area contributed by atoms with E-state index in [9.17, 15) is 87.2 Å². The number of aliphatic hydroxyl groups is 1. The summed E-state index contributed by atoms with van der Waals surface area (Å²) >= 11 is 0. The molecule has 43 heteroatoms. The number of rotatable bonds is 54. The molecule has 0 saturated heterocycles. The third-order valence-electron chi connectivity index (χ3n) is 19.0. The molecule has 0 aliphatic carbocycles. The van der Waals surface area contributed by atoms with Crippen molar-refractivity contribution in [1.82, 2.24) is 79.8 Å². The van der Waals surface area contributed by atoms with Crippen LogP contribution in [0, 0.1) is 34.0 Å². The molecule has 668 valence electrons. The van der Waals surface area contributed by atoms with Crippen LogP contribution < -0.4 is 120 Å². The zero-order chi connectivity index (χ0) is 90.9. The Bertz CT molecular complexity index is 4040. The van der Waals surface area contributed by atoms with E-state index >= 15 is 0 Å². The number of phenolic OH excluding ortho intramolecular Hbond substituents is 2. The zero-order valence-corrected chi connectivity index (χ0v) is 69.4. The predicted molar refractivity (Wildman–Crippen MR) is 445 cm³/mol. The summed E-state index contributed by atoms with van der Waals surface area (Å²) in [6.07, 6.45) is -4.41. The van der Waals surface area contributed by atoms with Gasteiger partial charge in [0.05, 0.1) is 12.5 Å². The maximum Gasteiger partial charge on any atom is 0.251 e. The van der Waals surface area contributed by atoms with Gasteiger partial charge in [0.15, 0.2) is 17.9 Å². The van der Waals surface area contributed by atoms with Gasteiger partial charge in [0, 0.05) is 51.0 Å². The smallest absolute Gasteiger partial charge is 0.251 e. The number of aliphatic hydroxyl groups excluding tert-OH is 1. The summed E-state index contributed by atoms with van der Waals surface area (Å²) in [5, 5.41) is 92.1. The van der Waals surface area contributed by atoms with E-state index in [4.69, 9.17) is 56.4 Å². The summed E-state index contributed by atoms with van der Waals surface area (Å²) in [5.74, 6) is -17.8. The monoisotopic (exact) mass is 1700 g/mol. The van der Waals surface area contributed by atoms with Gasteiger partial charge in [-0.3, -0.25) is 88.1 Å². The lowest BCUT2D eigenvalue weighted by molar-refractivity contribution is -0.138. The Morgan fingerprint density at radius 2 is 0.711 bits per heavy atom. The minimum absolute atomic E-state index is 0.00784. The van der Waals surface area contributed by atoms with Crippen LogP contribution in [-0.2, 0) is 86.5 Å². The van der Waals surface area contributed by atoms with Crippen molar-refractivity contribution in [3.8, 4) is 11.5 Å². The van der Waals surface area contributed by atoms with Crippen LogP contribution in [0.3, 0.4) is 0 Å². The molecule has 3 rings (SSSR count). The van der Waals surface area contributed by atoms with Crippen molar-refractivity contribution < 1.29 is 87.2 Å². The second-order valence-electron chi connectivity index (χ2n) is 30.3. The highest BCUT2D eigenvalue weighted by atomic mass is 16.3. The van der Waals surface area contributed by atoms with E-state index in [0.29, 0.717) is 11.1 Å². The standard InChI is InChI=1S/C78H123N25O18/c1-9-41(6)61(74(120)103-62(43(8)104)75(121)96-52(15-12-32-91-78(87)88)67(113)95-53(28-29-59(80)107)69(115)94-51(14-11-31-90-77(85)86)68(114)97-54(63(82)109)35-44-18-24-48(105)25-19-44)102-73(119)56(34-40(4)5)100-72(118)58(37-60(81)108)101-70(116)55(33-39(2)3)99-71(117)57(36-45-20-26-49(106)27-21-45)98-64(110)42(7)92-66(112)50(13-10-30-89-76(83)84)93-65(111)47-22-16-46(38-79)17-23-47/h16-27,39-43,50-58,61-62,104-106H,9-15,28-38,79H2,1-8H3,(H2,80,107)(H2,81,108)(H2,82,109)(H,92,112)(H,93,111)(H,94,115)(H,95,113)(H,96,121)(H,97,114)(H,98,110)(H,99,117)(H,100,118)(H,101,116)(H,102,119)(H,103,120)(H4,83,84,89)(H4,85,86,90)(H4,87,88,91)/t41-,42-,43+,50-,51-,52-,53-,54-,55-,56-,57-,58-,61-,62-/m0/s1. The van der Waals surface area contributed by atoms with E-state index < -0.39 is 210 Å². The van der Waals surface area contributed by atoms with E-state index in [0.717, 1.165) is 12.5 Å². The number of aromatic hydroxyl groups is 2. The average Bonchev–Trinajstić information content (AvgIpc) is 0.839. The normalized spacial score (nSPS) is 14.5. The summed E-state index contributed by atoms with van der Waals surface area (Å²) < 4.78 is 0. The number of nitrogens with two attached hydrogens (primary N) is 7. The van der Waals surface area contributed by atoms with Crippen molar-refractivity contribution in [2.45, 2.75) is 230 Å². The van der Waals surface area contributed by atoms with Gasteiger partial charge in [-0.2, -0.15) is 0 Å². The lowest BCUT2D eigenvalue weighted by Gasteiger charge is -2.31. The first-order valence-electron chi connectivity index (χ1n) is 39.7. The molecule has 0 aromatic heterocycles. The Hall–Kier alpha value is -13.0. The van der Waals surface area contributed by atoms with Crippen LogP contribution in [0.15, 0.2) is 72.8 Å². The molecule has 0 radical (unpaired) electrons. The fourth-order valence-electron chi connectivity index (χ4n) is 12.1. The molecule has 14 atom stereocenters. The first kappa shape index (κ1) is 102. The first-order valence-corrected chi connectivity index (χ1v) is 39.7.